The van der Waals surface area contributed by atoms with Crippen LogP contribution in [-0.4, -0.2) is 17.0 Å². The second-order valence-corrected chi connectivity index (χ2v) is 4.51. The molecular formula is C12H11Cl2N3. The van der Waals surface area contributed by atoms with Crippen molar-refractivity contribution in [3.8, 4) is 11.3 Å². The summed E-state index contributed by atoms with van der Waals surface area (Å²) in [6, 6.07) is 5.37. The van der Waals surface area contributed by atoms with Gasteiger partial charge in [0.1, 0.15) is 0 Å². The van der Waals surface area contributed by atoms with Crippen LogP contribution in [0.2, 0.25) is 10.0 Å². The third-order valence-corrected chi connectivity index (χ3v) is 2.77. The SMILES string of the molecule is CNc1ncc(C)c(-c2cc(Cl)cc(Cl)c2)n1. The molecule has 1 N–H and O–H groups in total. The fourth-order valence-electron chi connectivity index (χ4n) is 1.55. The van der Waals surface area contributed by atoms with E-state index in [1.165, 1.54) is 0 Å². The van der Waals surface area contributed by atoms with Gasteiger partial charge in [0.25, 0.3) is 0 Å². The molecule has 0 bridgehead atoms. The molecule has 1 aromatic carbocycles. The van der Waals surface area contributed by atoms with Crippen molar-refractivity contribution in [1.29, 1.82) is 0 Å². The van der Waals surface area contributed by atoms with Crippen LogP contribution in [0.4, 0.5) is 5.95 Å². The first-order valence-corrected chi connectivity index (χ1v) is 5.83. The molecular weight excluding hydrogens is 257 g/mol. The summed E-state index contributed by atoms with van der Waals surface area (Å²) in [7, 11) is 1.78. The standard InChI is InChI=1S/C12H11Cl2N3/c1-7-6-16-12(15-2)17-11(7)8-3-9(13)5-10(14)4-8/h3-6H,1-2H3,(H,15,16,17). The lowest BCUT2D eigenvalue weighted by molar-refractivity contribution is 1.12. The van der Waals surface area contributed by atoms with E-state index >= 15 is 0 Å². The molecule has 5 heteroatoms. The molecule has 0 amide bonds. The quantitative estimate of drug-likeness (QED) is 0.900. The van der Waals surface area contributed by atoms with Crippen LogP contribution in [0.1, 0.15) is 5.56 Å². The highest BCUT2D eigenvalue weighted by Gasteiger charge is 2.07. The first-order chi connectivity index (χ1) is 8.10. The van der Waals surface area contributed by atoms with Gasteiger partial charge in [-0.05, 0) is 30.7 Å². The molecule has 17 heavy (non-hydrogen) atoms. The number of halogens is 2. The van der Waals surface area contributed by atoms with Crippen LogP contribution in [0.25, 0.3) is 11.3 Å². The highest BCUT2D eigenvalue weighted by Crippen LogP contribution is 2.28. The Labute approximate surface area is 110 Å². The van der Waals surface area contributed by atoms with Gasteiger partial charge in [-0.3, -0.25) is 0 Å². The van der Waals surface area contributed by atoms with Crippen molar-refractivity contribution >= 4 is 29.2 Å². The molecule has 88 valence electrons. The van der Waals surface area contributed by atoms with E-state index in [-0.39, 0.29) is 0 Å². The summed E-state index contributed by atoms with van der Waals surface area (Å²) in [4.78, 5) is 8.54. The summed E-state index contributed by atoms with van der Waals surface area (Å²) < 4.78 is 0. The van der Waals surface area contributed by atoms with Crippen molar-refractivity contribution in [3.05, 3.63) is 40.0 Å². The minimum Gasteiger partial charge on any atom is -0.357 e. The van der Waals surface area contributed by atoms with E-state index in [1.807, 2.05) is 19.1 Å². The van der Waals surface area contributed by atoms with Gasteiger partial charge in [-0.2, -0.15) is 0 Å². The number of rotatable bonds is 2. The Balaban J connectivity index is 2.58. The summed E-state index contributed by atoms with van der Waals surface area (Å²) in [5, 5.41) is 4.09. The highest BCUT2D eigenvalue weighted by atomic mass is 35.5. The minimum absolute atomic E-state index is 0.571. The molecule has 0 unspecified atom stereocenters. The molecule has 0 aliphatic rings. The van der Waals surface area contributed by atoms with E-state index in [1.54, 1.807) is 19.3 Å². The Morgan fingerprint density at radius 2 is 1.76 bits per heavy atom. The van der Waals surface area contributed by atoms with Crippen LogP contribution in [0.5, 0.6) is 0 Å². The zero-order valence-electron chi connectivity index (χ0n) is 9.46. The molecule has 3 nitrogen and oxygen atoms in total. The third kappa shape index (κ3) is 2.68. The fourth-order valence-corrected chi connectivity index (χ4v) is 2.07. The molecule has 0 atom stereocenters. The van der Waals surface area contributed by atoms with E-state index in [4.69, 9.17) is 23.2 Å². The smallest absolute Gasteiger partial charge is 0.222 e. The van der Waals surface area contributed by atoms with Crippen molar-refractivity contribution in [2.75, 3.05) is 12.4 Å². The summed E-state index contributed by atoms with van der Waals surface area (Å²) in [6.07, 6.45) is 1.77. The highest BCUT2D eigenvalue weighted by molar-refractivity contribution is 6.35. The van der Waals surface area contributed by atoms with E-state index in [9.17, 15) is 0 Å². The van der Waals surface area contributed by atoms with Crippen molar-refractivity contribution in [3.63, 3.8) is 0 Å². The van der Waals surface area contributed by atoms with E-state index in [0.29, 0.717) is 16.0 Å². The van der Waals surface area contributed by atoms with Crippen LogP contribution in [0.3, 0.4) is 0 Å². The molecule has 1 aromatic heterocycles. The number of hydrogen-bond acceptors (Lipinski definition) is 3. The van der Waals surface area contributed by atoms with E-state index < -0.39 is 0 Å². The van der Waals surface area contributed by atoms with Crippen molar-refractivity contribution < 1.29 is 0 Å². The molecule has 2 aromatic rings. The fraction of sp³-hybridized carbons (Fsp3) is 0.167. The van der Waals surface area contributed by atoms with Gasteiger partial charge in [-0.25, -0.2) is 9.97 Å². The molecule has 0 fully saturated rings. The van der Waals surface area contributed by atoms with Gasteiger partial charge in [0.15, 0.2) is 0 Å². The second-order valence-electron chi connectivity index (χ2n) is 3.63. The summed E-state index contributed by atoms with van der Waals surface area (Å²) in [5.74, 6) is 0.571. The molecule has 2 rings (SSSR count). The zero-order chi connectivity index (χ0) is 12.4. The van der Waals surface area contributed by atoms with Crippen LogP contribution < -0.4 is 5.32 Å². The minimum atomic E-state index is 0.571. The van der Waals surface area contributed by atoms with Gasteiger partial charge in [-0.15, -0.1) is 0 Å². The average molecular weight is 268 g/mol. The molecule has 0 spiro atoms. The lowest BCUT2D eigenvalue weighted by Gasteiger charge is -2.08. The van der Waals surface area contributed by atoms with Gasteiger partial charge in [0.05, 0.1) is 5.69 Å². The number of aryl methyl sites for hydroxylation is 1. The van der Waals surface area contributed by atoms with Crippen LogP contribution in [-0.2, 0) is 0 Å². The van der Waals surface area contributed by atoms with Gasteiger partial charge in [-0.1, -0.05) is 23.2 Å². The predicted octanol–water partition coefficient (Wildman–Crippen LogP) is 3.80. The average Bonchev–Trinajstić information content (AvgIpc) is 2.28. The predicted molar refractivity (Wildman–Crippen MR) is 71.8 cm³/mol. The number of anilines is 1. The first-order valence-electron chi connectivity index (χ1n) is 5.08. The number of benzene rings is 1. The van der Waals surface area contributed by atoms with Crippen molar-refractivity contribution in [1.82, 2.24) is 9.97 Å². The van der Waals surface area contributed by atoms with Gasteiger partial charge < -0.3 is 5.32 Å². The maximum absolute atomic E-state index is 5.98. The Morgan fingerprint density at radius 1 is 1.12 bits per heavy atom. The van der Waals surface area contributed by atoms with Crippen LogP contribution >= 0.6 is 23.2 Å². The van der Waals surface area contributed by atoms with Crippen LogP contribution in [0.15, 0.2) is 24.4 Å². The van der Waals surface area contributed by atoms with Crippen molar-refractivity contribution in [2.45, 2.75) is 6.92 Å². The monoisotopic (exact) mass is 267 g/mol. The van der Waals surface area contributed by atoms with Gasteiger partial charge in [0, 0.05) is 28.9 Å². The molecule has 0 saturated carbocycles. The molecule has 0 aliphatic carbocycles. The zero-order valence-corrected chi connectivity index (χ0v) is 11.0. The molecule has 0 saturated heterocycles. The first kappa shape index (κ1) is 12.1. The molecule has 0 aliphatic heterocycles. The van der Waals surface area contributed by atoms with E-state index in [2.05, 4.69) is 15.3 Å². The Kier molecular flexibility index (Phi) is 3.50. The van der Waals surface area contributed by atoms with Gasteiger partial charge >= 0.3 is 0 Å². The topological polar surface area (TPSA) is 37.8 Å². The number of hydrogen-bond donors (Lipinski definition) is 1. The maximum Gasteiger partial charge on any atom is 0.222 e. The third-order valence-electron chi connectivity index (χ3n) is 2.33. The Bertz CT molecular complexity index is 535. The maximum atomic E-state index is 5.98. The Morgan fingerprint density at radius 3 is 2.35 bits per heavy atom. The number of nitrogens with one attached hydrogen (secondary N) is 1. The van der Waals surface area contributed by atoms with E-state index in [0.717, 1.165) is 16.8 Å². The second kappa shape index (κ2) is 4.90. The number of nitrogens with zero attached hydrogens (tertiary/aromatic N) is 2. The Hall–Kier alpha value is -1.32. The largest absolute Gasteiger partial charge is 0.357 e. The summed E-state index contributed by atoms with van der Waals surface area (Å²) in [5.41, 5.74) is 2.69. The summed E-state index contributed by atoms with van der Waals surface area (Å²) >= 11 is 12.0. The normalized spacial score (nSPS) is 10.4. The van der Waals surface area contributed by atoms with Crippen LogP contribution in [0, 0.1) is 6.92 Å². The lowest BCUT2D eigenvalue weighted by atomic mass is 10.1. The molecule has 1 heterocycles. The number of aromatic nitrogens is 2. The molecule has 0 radical (unpaired) electrons. The summed E-state index contributed by atoms with van der Waals surface area (Å²) in [6.45, 7) is 1.95. The van der Waals surface area contributed by atoms with Crippen molar-refractivity contribution in [2.24, 2.45) is 0 Å². The van der Waals surface area contributed by atoms with Gasteiger partial charge in [0.2, 0.25) is 5.95 Å². The lowest BCUT2D eigenvalue weighted by Crippen LogP contribution is -1.99.